The van der Waals surface area contributed by atoms with Crippen LogP contribution in [0.25, 0.3) is 0 Å². The molecule has 68 valence electrons. The van der Waals surface area contributed by atoms with Crippen LogP contribution >= 0.6 is 0 Å². The quantitative estimate of drug-likeness (QED) is 0.565. The Balaban J connectivity index is 2.82. The van der Waals surface area contributed by atoms with E-state index in [0.29, 0.717) is 6.54 Å². The fourth-order valence-corrected chi connectivity index (χ4v) is 3.19. The summed E-state index contributed by atoms with van der Waals surface area (Å²) in [6, 6.07) is 0. The van der Waals surface area contributed by atoms with Gasteiger partial charge in [0.2, 0.25) is 0 Å². The third kappa shape index (κ3) is 2.06. The van der Waals surface area contributed by atoms with Crippen LogP contribution in [0.15, 0.2) is 0 Å². The summed E-state index contributed by atoms with van der Waals surface area (Å²) in [4.78, 5) is 0. The Labute approximate surface area is 88.7 Å². The average Bonchev–Trinajstić information content (AvgIpc) is 2.25. The zero-order valence-corrected chi connectivity index (χ0v) is 11.8. The topological polar surface area (TPSA) is 50.1 Å². The van der Waals surface area contributed by atoms with Gasteiger partial charge in [-0.25, -0.2) is 0 Å². The normalized spacial score (nSPS) is 10.3. The van der Waals surface area contributed by atoms with E-state index in [1.54, 1.807) is 16.9 Å². The fraction of sp³-hybridized carbons (Fsp3) is 0.500. The Bertz CT molecular complexity index is 274. The molecule has 1 heterocycles. The number of nitrogens with one attached hydrogen (secondary N) is 1. The minimum atomic E-state index is 0.160. The number of hydrogen-bond donors (Lipinski definition) is 2. The molecule has 2 unspecified atom stereocenters. The van der Waals surface area contributed by atoms with Gasteiger partial charge < -0.3 is 0 Å². The molecule has 0 fully saturated rings. The summed E-state index contributed by atoms with van der Waals surface area (Å²) in [5.41, 5.74) is 1.09. The predicted octanol–water partition coefficient (Wildman–Crippen LogP) is -3.66. The van der Waals surface area contributed by atoms with E-state index >= 15 is 0 Å². The average molecular weight is 293 g/mol. The number of aliphatic hydroxyl groups excluding tert-OH is 1. The van der Waals surface area contributed by atoms with Gasteiger partial charge in [-0.1, -0.05) is 0 Å². The molecule has 0 radical (unpaired) electrons. The van der Waals surface area contributed by atoms with Crippen LogP contribution in [0.2, 0.25) is 0 Å². The number of rotatable bonds is 3. The van der Waals surface area contributed by atoms with Gasteiger partial charge in [-0.2, -0.15) is 0 Å². The van der Waals surface area contributed by atoms with E-state index in [1.807, 2.05) is 11.7 Å². The van der Waals surface area contributed by atoms with E-state index in [2.05, 4.69) is 10.4 Å². The number of aliphatic hydroxyl groups is 1. The zero-order chi connectivity index (χ0) is 9.14. The Morgan fingerprint density at radius 2 is 2.25 bits per heavy atom. The molecule has 2 atom stereocenters. The molecule has 0 amide bonds. The molecule has 0 aromatic carbocycles. The molecule has 4 nitrogen and oxygen atoms in total. The van der Waals surface area contributed by atoms with Gasteiger partial charge in [0.25, 0.3) is 0 Å². The predicted molar refractivity (Wildman–Crippen MR) is 55.1 cm³/mol. The van der Waals surface area contributed by atoms with Crippen molar-refractivity contribution in [2.45, 2.75) is 0 Å². The van der Waals surface area contributed by atoms with Gasteiger partial charge in [-0.3, -0.25) is 0 Å². The summed E-state index contributed by atoms with van der Waals surface area (Å²) >= 11 is 3.05. The van der Waals surface area contributed by atoms with Gasteiger partial charge in [0.15, 0.2) is 0 Å². The van der Waals surface area contributed by atoms with E-state index in [-0.39, 0.29) is 6.61 Å². The maximum atomic E-state index is 8.64. The molecule has 2 N–H and O–H groups in total. The Morgan fingerprint density at radius 1 is 1.58 bits per heavy atom. The SMILES string of the molecule is Cn1nc([AsH2])c(NCCO)c1[AsH2]. The van der Waals surface area contributed by atoms with Crippen LogP contribution in [0.1, 0.15) is 0 Å². The van der Waals surface area contributed by atoms with Crippen molar-refractivity contribution in [1.82, 2.24) is 9.78 Å². The molecule has 1 aromatic rings. The van der Waals surface area contributed by atoms with E-state index in [4.69, 9.17) is 5.11 Å². The summed E-state index contributed by atoms with van der Waals surface area (Å²) < 4.78 is 4.10. The Morgan fingerprint density at radius 3 is 2.67 bits per heavy atom. The van der Waals surface area contributed by atoms with Crippen molar-refractivity contribution in [3.05, 3.63) is 0 Å². The van der Waals surface area contributed by atoms with Crippen LogP contribution in [-0.4, -0.2) is 61.7 Å². The maximum absolute atomic E-state index is 8.64. The molecular weight excluding hydrogens is 280 g/mol. The summed E-state index contributed by atoms with van der Waals surface area (Å²) in [6.07, 6.45) is 0. The molecule has 0 aliphatic heterocycles. The van der Waals surface area contributed by atoms with Crippen molar-refractivity contribution in [3.63, 3.8) is 0 Å². The summed E-state index contributed by atoms with van der Waals surface area (Å²) in [7, 11) is 1.93. The second-order valence-corrected chi connectivity index (χ2v) is 4.71. The molecule has 0 aliphatic rings. The number of anilines is 1. The molecule has 1 aromatic heterocycles. The number of aromatic nitrogens is 2. The van der Waals surface area contributed by atoms with Gasteiger partial charge >= 0.3 is 88.8 Å². The van der Waals surface area contributed by atoms with Crippen LogP contribution in [0.3, 0.4) is 0 Å². The fourth-order valence-electron chi connectivity index (χ4n) is 0.921. The van der Waals surface area contributed by atoms with Crippen LogP contribution in [0, 0.1) is 0 Å². The third-order valence-electron chi connectivity index (χ3n) is 1.53. The molecule has 0 spiro atoms. The van der Waals surface area contributed by atoms with Crippen LogP contribution < -0.4 is 14.3 Å². The number of hydrogen-bond acceptors (Lipinski definition) is 3. The van der Waals surface area contributed by atoms with Crippen molar-refractivity contribution < 1.29 is 5.11 Å². The molecule has 0 aliphatic carbocycles. The second kappa shape index (κ2) is 4.36. The summed E-state index contributed by atoms with van der Waals surface area (Å²) in [6.45, 7) is 0.757. The van der Waals surface area contributed by atoms with Gasteiger partial charge in [0.1, 0.15) is 0 Å². The van der Waals surface area contributed by atoms with E-state index in [0.717, 1.165) is 10.2 Å². The first-order valence-electron chi connectivity index (χ1n) is 3.59. The molecule has 0 bridgehead atoms. The van der Waals surface area contributed by atoms with Crippen molar-refractivity contribution in [1.29, 1.82) is 0 Å². The Kier molecular flexibility index (Phi) is 3.69. The zero-order valence-electron chi connectivity index (χ0n) is 6.91. The van der Waals surface area contributed by atoms with Gasteiger partial charge in [0.05, 0.1) is 0 Å². The third-order valence-corrected chi connectivity index (χ3v) is 3.77. The van der Waals surface area contributed by atoms with E-state index in [9.17, 15) is 0 Å². The standard InChI is InChI=1S/C6H13As2N3O/c1-11-6(8)4(5(7)10-11)9-2-3-12/h9,12H,2-3,7-8H2,1H3. The van der Waals surface area contributed by atoms with Crippen molar-refractivity contribution in [2.75, 3.05) is 18.5 Å². The van der Waals surface area contributed by atoms with E-state index < -0.39 is 0 Å². The van der Waals surface area contributed by atoms with Gasteiger partial charge in [0, 0.05) is 0 Å². The van der Waals surface area contributed by atoms with Gasteiger partial charge in [-0.15, -0.1) is 0 Å². The molecule has 1 rings (SSSR count). The summed E-state index contributed by atoms with van der Waals surface area (Å²) in [5, 5.41) is 16.1. The number of aryl methyl sites for hydroxylation is 1. The molecule has 0 saturated heterocycles. The van der Waals surface area contributed by atoms with Crippen molar-refractivity contribution >= 4 is 48.4 Å². The Hall–Kier alpha value is 0.0869. The van der Waals surface area contributed by atoms with Crippen LogP contribution in [0.4, 0.5) is 5.69 Å². The first kappa shape index (κ1) is 10.2. The van der Waals surface area contributed by atoms with Crippen molar-refractivity contribution in [2.24, 2.45) is 7.05 Å². The number of nitrogens with zero attached hydrogens (tertiary/aromatic N) is 2. The molecule has 6 heteroatoms. The van der Waals surface area contributed by atoms with Crippen LogP contribution in [-0.2, 0) is 7.05 Å². The monoisotopic (exact) mass is 293 g/mol. The van der Waals surface area contributed by atoms with Crippen LogP contribution in [0.5, 0.6) is 0 Å². The first-order chi connectivity index (χ1) is 5.66. The molecular formula is C6H13As2N3O. The van der Waals surface area contributed by atoms with Crippen molar-refractivity contribution in [3.8, 4) is 0 Å². The minimum absolute atomic E-state index is 0.160. The van der Waals surface area contributed by atoms with E-state index in [1.165, 1.54) is 21.3 Å². The molecule has 12 heavy (non-hydrogen) atoms. The first-order valence-corrected chi connectivity index (χ1v) is 6.01. The second-order valence-electron chi connectivity index (χ2n) is 2.42. The summed E-state index contributed by atoms with van der Waals surface area (Å²) in [5.74, 6) is 0. The van der Waals surface area contributed by atoms with Gasteiger partial charge in [-0.05, 0) is 0 Å². The molecule has 0 saturated carbocycles.